The van der Waals surface area contributed by atoms with E-state index in [1.165, 1.54) is 0 Å². The van der Waals surface area contributed by atoms with Crippen molar-refractivity contribution in [3.05, 3.63) is 65.5 Å². The van der Waals surface area contributed by atoms with E-state index in [1.54, 1.807) is 0 Å². The number of nitrogens with zero attached hydrogens (tertiary/aromatic N) is 4. The van der Waals surface area contributed by atoms with Crippen molar-refractivity contribution in [3.63, 3.8) is 0 Å². The van der Waals surface area contributed by atoms with Gasteiger partial charge in [-0.1, -0.05) is 47.6 Å². The van der Waals surface area contributed by atoms with E-state index in [1.807, 2.05) is 62.4 Å². The zero-order chi connectivity index (χ0) is 21.1. The molecule has 152 valence electrons. The van der Waals surface area contributed by atoms with Gasteiger partial charge < -0.3 is 9.84 Å². The molecule has 1 aliphatic heterocycles. The zero-order valence-electron chi connectivity index (χ0n) is 16.8. The molecule has 0 spiro atoms. The molecule has 1 aromatic heterocycles. The molecule has 2 heterocycles. The fourth-order valence-electron chi connectivity index (χ4n) is 3.14. The van der Waals surface area contributed by atoms with Crippen LogP contribution < -0.4 is 5.32 Å². The first-order valence-corrected chi connectivity index (χ1v) is 9.64. The Balaban J connectivity index is 1.49. The minimum absolute atomic E-state index is 0.185. The van der Waals surface area contributed by atoms with Crippen LogP contribution in [0.2, 0.25) is 0 Å². The summed E-state index contributed by atoms with van der Waals surface area (Å²) in [5, 5.41) is 12.3. The molecule has 0 saturated heterocycles. The maximum atomic E-state index is 12.5. The number of hydrogen-bond acceptors (Lipinski definition) is 6. The van der Waals surface area contributed by atoms with Crippen molar-refractivity contribution in [2.45, 2.75) is 26.7 Å². The quantitative estimate of drug-likeness (QED) is 0.704. The number of aryl methyl sites for hydroxylation is 1. The van der Waals surface area contributed by atoms with Crippen molar-refractivity contribution in [3.8, 4) is 11.4 Å². The average Bonchev–Trinajstić information content (AvgIpc) is 3.24. The molecular weight excluding hydrogens is 382 g/mol. The number of hydrazone groups is 1. The maximum absolute atomic E-state index is 12.5. The Labute approximate surface area is 173 Å². The molecule has 1 aliphatic rings. The number of anilines is 1. The van der Waals surface area contributed by atoms with E-state index in [0.717, 1.165) is 27.4 Å². The summed E-state index contributed by atoms with van der Waals surface area (Å²) in [5.74, 6) is 0.154. The highest BCUT2D eigenvalue weighted by atomic mass is 16.5. The van der Waals surface area contributed by atoms with E-state index >= 15 is 0 Å². The Morgan fingerprint density at radius 3 is 2.70 bits per heavy atom. The highest BCUT2D eigenvalue weighted by Crippen LogP contribution is 2.20. The summed E-state index contributed by atoms with van der Waals surface area (Å²) >= 11 is 0. The minimum Gasteiger partial charge on any atom is -0.332 e. The van der Waals surface area contributed by atoms with E-state index in [9.17, 15) is 9.59 Å². The summed E-state index contributed by atoms with van der Waals surface area (Å²) in [6.07, 6.45) is 0.600. The van der Waals surface area contributed by atoms with E-state index in [4.69, 9.17) is 4.52 Å². The third-order valence-electron chi connectivity index (χ3n) is 4.98. The number of rotatable bonds is 5. The molecule has 0 bridgehead atoms. The predicted molar refractivity (Wildman–Crippen MR) is 112 cm³/mol. The van der Waals surface area contributed by atoms with Crippen LogP contribution in [-0.2, 0) is 9.59 Å². The highest BCUT2D eigenvalue weighted by molar-refractivity contribution is 6.02. The standard InChI is InChI=1S/C22H21N5O3/c1-14-7-6-10-17(15(14)2)23-19(28)13-27-20(29)12-11-18(25-27)22-24-21(26-30-22)16-8-4-3-5-9-16/h3-10H,11-13H2,1-2H3,(H,23,28). The van der Waals surface area contributed by atoms with Gasteiger partial charge in [-0.15, -0.1) is 0 Å². The smallest absolute Gasteiger partial charge is 0.274 e. The van der Waals surface area contributed by atoms with Crippen LogP contribution in [0.3, 0.4) is 0 Å². The lowest BCUT2D eigenvalue weighted by Crippen LogP contribution is -2.38. The molecule has 1 N–H and O–H groups in total. The first-order chi connectivity index (χ1) is 14.5. The van der Waals surface area contributed by atoms with Crippen molar-refractivity contribution in [2.75, 3.05) is 11.9 Å². The van der Waals surface area contributed by atoms with Gasteiger partial charge in [0.25, 0.3) is 5.89 Å². The van der Waals surface area contributed by atoms with Crippen molar-refractivity contribution in [1.29, 1.82) is 0 Å². The Hall–Kier alpha value is -3.81. The Bertz CT molecular complexity index is 1120. The average molecular weight is 403 g/mol. The van der Waals surface area contributed by atoms with Gasteiger partial charge in [0.15, 0.2) is 0 Å². The lowest BCUT2D eigenvalue weighted by atomic mass is 10.1. The lowest BCUT2D eigenvalue weighted by Gasteiger charge is -2.22. The van der Waals surface area contributed by atoms with E-state index < -0.39 is 0 Å². The monoisotopic (exact) mass is 403 g/mol. The molecule has 4 rings (SSSR count). The van der Waals surface area contributed by atoms with Crippen molar-refractivity contribution < 1.29 is 14.1 Å². The molecule has 2 amide bonds. The number of amides is 2. The molecule has 30 heavy (non-hydrogen) atoms. The molecule has 0 saturated carbocycles. The van der Waals surface area contributed by atoms with Gasteiger partial charge in [-0.05, 0) is 31.0 Å². The van der Waals surface area contributed by atoms with Crippen molar-refractivity contribution in [1.82, 2.24) is 15.1 Å². The summed E-state index contributed by atoms with van der Waals surface area (Å²) in [7, 11) is 0. The minimum atomic E-state index is -0.322. The van der Waals surface area contributed by atoms with Gasteiger partial charge in [0.2, 0.25) is 17.6 Å². The molecule has 8 heteroatoms. The van der Waals surface area contributed by atoms with Crippen LogP contribution in [0.4, 0.5) is 5.69 Å². The molecule has 3 aromatic rings. The first kappa shape index (κ1) is 19.5. The van der Waals surface area contributed by atoms with Crippen LogP contribution in [0.1, 0.15) is 29.9 Å². The number of nitrogens with one attached hydrogen (secondary N) is 1. The zero-order valence-corrected chi connectivity index (χ0v) is 16.8. The molecule has 0 aliphatic carbocycles. The Morgan fingerprint density at radius 2 is 1.90 bits per heavy atom. The first-order valence-electron chi connectivity index (χ1n) is 9.64. The summed E-state index contributed by atoms with van der Waals surface area (Å²) in [5.41, 5.74) is 4.10. The van der Waals surface area contributed by atoms with Crippen LogP contribution >= 0.6 is 0 Å². The van der Waals surface area contributed by atoms with Crippen LogP contribution in [0, 0.1) is 13.8 Å². The van der Waals surface area contributed by atoms with Gasteiger partial charge in [-0.2, -0.15) is 10.1 Å². The topological polar surface area (TPSA) is 101 Å². The second kappa shape index (κ2) is 8.28. The number of hydrogen-bond donors (Lipinski definition) is 1. The summed E-state index contributed by atoms with van der Waals surface area (Å²) in [4.78, 5) is 29.2. The third kappa shape index (κ3) is 4.12. The normalized spacial score (nSPS) is 13.9. The fraction of sp³-hybridized carbons (Fsp3) is 0.227. The predicted octanol–water partition coefficient (Wildman–Crippen LogP) is 3.32. The van der Waals surface area contributed by atoms with E-state index in [0.29, 0.717) is 18.0 Å². The Kier molecular flexibility index (Phi) is 5.38. The fourth-order valence-corrected chi connectivity index (χ4v) is 3.14. The number of carbonyl (C=O) groups is 2. The van der Waals surface area contributed by atoms with Crippen molar-refractivity contribution in [2.24, 2.45) is 5.10 Å². The molecule has 0 atom stereocenters. The second-order valence-electron chi connectivity index (χ2n) is 7.08. The van der Waals surface area contributed by atoms with Crippen LogP contribution in [0.25, 0.3) is 11.4 Å². The van der Waals surface area contributed by atoms with Crippen LogP contribution in [0.15, 0.2) is 58.2 Å². The SMILES string of the molecule is Cc1cccc(NC(=O)CN2N=C(c3nc(-c4ccccc4)no3)CCC2=O)c1C. The second-order valence-corrected chi connectivity index (χ2v) is 7.08. The Morgan fingerprint density at radius 1 is 1.10 bits per heavy atom. The molecule has 0 unspecified atom stereocenters. The molecule has 8 nitrogen and oxygen atoms in total. The number of benzene rings is 2. The van der Waals surface area contributed by atoms with E-state index in [2.05, 4.69) is 20.6 Å². The lowest BCUT2D eigenvalue weighted by molar-refractivity contribution is -0.135. The largest absolute Gasteiger partial charge is 0.332 e. The van der Waals surface area contributed by atoms with E-state index in [-0.39, 0.29) is 30.7 Å². The van der Waals surface area contributed by atoms with Gasteiger partial charge in [0.1, 0.15) is 12.3 Å². The highest BCUT2D eigenvalue weighted by Gasteiger charge is 2.26. The summed E-state index contributed by atoms with van der Waals surface area (Å²) in [6.45, 7) is 3.73. The third-order valence-corrected chi connectivity index (χ3v) is 4.98. The number of carbonyl (C=O) groups excluding carboxylic acids is 2. The summed E-state index contributed by atoms with van der Waals surface area (Å²) < 4.78 is 5.34. The van der Waals surface area contributed by atoms with Gasteiger partial charge in [0.05, 0.1) is 0 Å². The molecule has 0 fully saturated rings. The molecule has 2 aromatic carbocycles. The maximum Gasteiger partial charge on any atom is 0.274 e. The van der Waals surface area contributed by atoms with Crippen molar-refractivity contribution >= 4 is 23.2 Å². The number of aromatic nitrogens is 2. The van der Waals surface area contributed by atoms with Gasteiger partial charge >= 0.3 is 0 Å². The van der Waals surface area contributed by atoms with Gasteiger partial charge in [-0.3, -0.25) is 9.59 Å². The van der Waals surface area contributed by atoms with Gasteiger partial charge in [-0.25, -0.2) is 5.01 Å². The van der Waals surface area contributed by atoms with Gasteiger partial charge in [0, 0.05) is 24.1 Å². The summed E-state index contributed by atoms with van der Waals surface area (Å²) in [6, 6.07) is 15.1. The van der Waals surface area contributed by atoms with Crippen LogP contribution in [0.5, 0.6) is 0 Å². The molecular formula is C22H21N5O3. The van der Waals surface area contributed by atoms with Crippen LogP contribution in [-0.4, -0.2) is 39.2 Å². The molecule has 0 radical (unpaired) electrons.